The smallest absolute Gasteiger partial charge is 0.312 e. The largest absolute Gasteiger partial charge is 0.463 e. The number of carbonyl (C=O) groups excluding carboxylic acids is 2. The van der Waals surface area contributed by atoms with Crippen molar-refractivity contribution >= 4 is 11.9 Å². The summed E-state index contributed by atoms with van der Waals surface area (Å²) in [6.07, 6.45) is 0. The number of rotatable bonds is 8. The Balaban J connectivity index is 2.92. The summed E-state index contributed by atoms with van der Waals surface area (Å²) in [5.74, 6) is -0.225. The van der Waals surface area contributed by atoms with Gasteiger partial charge in [-0.1, -0.05) is 58.0 Å². The molecule has 2 atom stereocenters. The highest BCUT2D eigenvalue weighted by Gasteiger charge is 2.41. The second kappa shape index (κ2) is 8.99. The number of hydrogen-bond acceptors (Lipinski definition) is 4. The number of carbonyl (C=O) groups is 2. The van der Waals surface area contributed by atoms with E-state index in [0.29, 0.717) is 0 Å². The lowest BCUT2D eigenvalue weighted by atomic mass is 9.70. The Kier molecular flexibility index (Phi) is 7.61. The quantitative estimate of drug-likeness (QED) is 0.708. The molecule has 0 aliphatic heterocycles. The summed E-state index contributed by atoms with van der Waals surface area (Å²) < 4.78 is 5.63. The van der Waals surface area contributed by atoms with Crippen molar-refractivity contribution in [3.8, 4) is 0 Å². The third-order valence-corrected chi connectivity index (χ3v) is 5.15. The maximum absolute atomic E-state index is 12.7. The van der Waals surface area contributed by atoms with E-state index in [0.717, 1.165) is 5.56 Å². The van der Waals surface area contributed by atoms with Crippen LogP contribution in [-0.4, -0.2) is 24.5 Å². The number of benzene rings is 1. The lowest BCUT2D eigenvalue weighted by molar-refractivity contribution is -0.162. The summed E-state index contributed by atoms with van der Waals surface area (Å²) in [4.78, 5) is 24.8. The highest BCUT2D eigenvalue weighted by atomic mass is 16.5. The Morgan fingerprint density at radius 2 is 1.60 bits per heavy atom. The summed E-state index contributed by atoms with van der Waals surface area (Å²) >= 11 is 0. The molecular weight excluding hydrogens is 316 g/mol. The molecule has 0 spiro atoms. The molecule has 0 saturated heterocycles. The highest BCUT2D eigenvalue weighted by molar-refractivity contribution is 5.81. The van der Waals surface area contributed by atoms with Gasteiger partial charge in [0.1, 0.15) is 6.61 Å². The molecule has 1 amide bonds. The fraction of sp³-hybridized carbons (Fsp3) is 0.600. The summed E-state index contributed by atoms with van der Waals surface area (Å²) in [6, 6.07) is 8.40. The molecular formula is C20H32N2O3. The van der Waals surface area contributed by atoms with E-state index in [-0.39, 0.29) is 30.3 Å². The predicted molar refractivity (Wildman–Crippen MR) is 99.7 cm³/mol. The lowest BCUT2D eigenvalue weighted by Gasteiger charge is -2.35. The third kappa shape index (κ3) is 5.30. The highest BCUT2D eigenvalue weighted by Crippen LogP contribution is 2.36. The third-order valence-electron chi connectivity index (χ3n) is 5.15. The normalized spacial score (nSPS) is 14.3. The van der Waals surface area contributed by atoms with Gasteiger partial charge in [-0.15, -0.1) is 0 Å². The minimum absolute atomic E-state index is 0.0797. The molecule has 3 N–H and O–H groups in total. The molecule has 5 nitrogen and oxygen atoms in total. The predicted octanol–water partition coefficient (Wildman–Crippen LogP) is 3.05. The zero-order valence-electron chi connectivity index (χ0n) is 16.2. The molecule has 0 unspecified atom stereocenters. The summed E-state index contributed by atoms with van der Waals surface area (Å²) in [5, 5.41) is 2.86. The summed E-state index contributed by atoms with van der Waals surface area (Å²) in [7, 11) is 0. The molecule has 140 valence electrons. The van der Waals surface area contributed by atoms with Crippen molar-refractivity contribution in [2.45, 2.75) is 53.6 Å². The van der Waals surface area contributed by atoms with Crippen LogP contribution in [0, 0.1) is 17.3 Å². The fourth-order valence-electron chi connectivity index (χ4n) is 2.66. The molecule has 1 aromatic carbocycles. The number of ether oxygens (including phenoxy) is 1. The van der Waals surface area contributed by atoms with Gasteiger partial charge in [-0.25, -0.2) is 0 Å². The van der Waals surface area contributed by atoms with Crippen LogP contribution in [0.3, 0.4) is 0 Å². The topological polar surface area (TPSA) is 81.4 Å². The van der Waals surface area contributed by atoms with E-state index in [2.05, 4.69) is 5.32 Å². The van der Waals surface area contributed by atoms with Gasteiger partial charge in [0, 0.05) is 0 Å². The van der Waals surface area contributed by atoms with Crippen molar-refractivity contribution in [3.05, 3.63) is 35.9 Å². The van der Waals surface area contributed by atoms with Gasteiger partial charge in [0.25, 0.3) is 0 Å². The average Bonchev–Trinajstić information content (AvgIpc) is 2.57. The fourth-order valence-corrected chi connectivity index (χ4v) is 2.66. The Morgan fingerprint density at radius 1 is 1.08 bits per heavy atom. The standard InChI is InChI=1S/C20H32N2O3/c1-13(2)20(6,14(3)4)19(24)25-12-17(22-18(23)15(5)21)16-10-8-7-9-11-16/h7-11,13-15,17H,12,21H2,1-6H3,(H,22,23)/t15-,17-/m1/s1. The van der Waals surface area contributed by atoms with Gasteiger partial charge in [0.15, 0.2) is 0 Å². The van der Waals surface area contributed by atoms with Crippen molar-refractivity contribution in [1.82, 2.24) is 5.32 Å². The first kappa shape index (κ1) is 21.2. The van der Waals surface area contributed by atoms with E-state index in [1.165, 1.54) is 0 Å². The molecule has 0 aliphatic carbocycles. The molecule has 0 fully saturated rings. The van der Waals surface area contributed by atoms with Crippen LogP contribution in [0.5, 0.6) is 0 Å². The number of amides is 1. The van der Waals surface area contributed by atoms with Crippen molar-refractivity contribution in [3.63, 3.8) is 0 Å². The number of nitrogens with one attached hydrogen (secondary N) is 1. The van der Waals surface area contributed by atoms with Gasteiger partial charge in [-0.3, -0.25) is 9.59 Å². The van der Waals surface area contributed by atoms with E-state index in [4.69, 9.17) is 10.5 Å². The van der Waals surface area contributed by atoms with E-state index in [1.54, 1.807) is 6.92 Å². The molecule has 0 saturated carbocycles. The molecule has 0 bridgehead atoms. The van der Waals surface area contributed by atoms with Gasteiger partial charge >= 0.3 is 5.97 Å². The van der Waals surface area contributed by atoms with Crippen LogP contribution in [0.25, 0.3) is 0 Å². The summed E-state index contributed by atoms with van der Waals surface area (Å²) in [6.45, 7) is 11.7. The minimum atomic E-state index is -0.626. The number of esters is 1. The Labute approximate surface area is 151 Å². The van der Waals surface area contributed by atoms with Crippen LogP contribution in [0.15, 0.2) is 30.3 Å². The average molecular weight is 348 g/mol. The maximum atomic E-state index is 12.7. The van der Waals surface area contributed by atoms with E-state index < -0.39 is 17.5 Å². The van der Waals surface area contributed by atoms with Crippen LogP contribution in [0.2, 0.25) is 0 Å². The second-order valence-corrected chi connectivity index (χ2v) is 7.45. The van der Waals surface area contributed by atoms with E-state index in [9.17, 15) is 9.59 Å². The monoisotopic (exact) mass is 348 g/mol. The zero-order chi connectivity index (χ0) is 19.2. The van der Waals surface area contributed by atoms with Crippen LogP contribution >= 0.6 is 0 Å². The van der Waals surface area contributed by atoms with Gasteiger partial charge < -0.3 is 15.8 Å². The Hall–Kier alpha value is -1.88. The second-order valence-electron chi connectivity index (χ2n) is 7.45. The SMILES string of the molecule is CC(C)C(C)(C(=O)OC[C@@H](NC(=O)[C@@H](C)N)c1ccccc1)C(C)C. The Morgan fingerprint density at radius 3 is 2.04 bits per heavy atom. The molecule has 0 heterocycles. The molecule has 5 heteroatoms. The molecule has 1 aromatic rings. The van der Waals surface area contributed by atoms with Gasteiger partial charge in [0.2, 0.25) is 5.91 Å². The zero-order valence-corrected chi connectivity index (χ0v) is 16.2. The summed E-state index contributed by atoms with van der Waals surface area (Å²) in [5.41, 5.74) is 5.95. The number of nitrogens with two attached hydrogens (primary N) is 1. The molecule has 0 radical (unpaired) electrons. The van der Waals surface area contributed by atoms with Gasteiger partial charge in [-0.05, 0) is 31.2 Å². The molecule has 25 heavy (non-hydrogen) atoms. The van der Waals surface area contributed by atoms with Crippen LogP contribution in [-0.2, 0) is 14.3 Å². The van der Waals surface area contributed by atoms with Crippen molar-refractivity contribution in [2.24, 2.45) is 23.0 Å². The molecule has 0 aliphatic rings. The van der Waals surface area contributed by atoms with E-state index in [1.807, 2.05) is 65.0 Å². The first-order valence-corrected chi connectivity index (χ1v) is 8.88. The molecule has 1 rings (SSSR count). The first-order valence-electron chi connectivity index (χ1n) is 8.88. The van der Waals surface area contributed by atoms with E-state index >= 15 is 0 Å². The Bertz CT molecular complexity index is 560. The van der Waals surface area contributed by atoms with Crippen molar-refractivity contribution < 1.29 is 14.3 Å². The lowest BCUT2D eigenvalue weighted by Crippen LogP contribution is -2.44. The van der Waals surface area contributed by atoms with Crippen LogP contribution < -0.4 is 11.1 Å². The number of hydrogen-bond donors (Lipinski definition) is 2. The maximum Gasteiger partial charge on any atom is 0.312 e. The van der Waals surface area contributed by atoms with Gasteiger partial charge in [0.05, 0.1) is 17.5 Å². The van der Waals surface area contributed by atoms with Crippen molar-refractivity contribution in [2.75, 3.05) is 6.61 Å². The minimum Gasteiger partial charge on any atom is -0.463 e. The van der Waals surface area contributed by atoms with Crippen molar-refractivity contribution in [1.29, 1.82) is 0 Å². The van der Waals surface area contributed by atoms with Crippen LogP contribution in [0.1, 0.15) is 53.1 Å². The molecule has 0 aromatic heterocycles. The van der Waals surface area contributed by atoms with Crippen LogP contribution in [0.4, 0.5) is 0 Å². The van der Waals surface area contributed by atoms with Gasteiger partial charge in [-0.2, -0.15) is 0 Å². The first-order chi connectivity index (χ1) is 11.6.